The predicted octanol–water partition coefficient (Wildman–Crippen LogP) is 42.4. The Bertz CT molecular complexity index is 5850. The lowest BCUT2D eigenvalue weighted by Gasteiger charge is -2.40. The van der Waals surface area contributed by atoms with Gasteiger partial charge in [0.05, 0.1) is 45.7 Å². The van der Waals surface area contributed by atoms with Gasteiger partial charge >= 0.3 is 0 Å². The van der Waals surface area contributed by atoms with Crippen LogP contribution in [0.25, 0.3) is 143 Å². The first-order valence-electron chi connectivity index (χ1n) is 50.8. The highest BCUT2D eigenvalue weighted by Gasteiger charge is 2.53. The highest BCUT2D eigenvalue weighted by atomic mass is 32.1. The number of halogens is 4. The summed E-state index contributed by atoms with van der Waals surface area (Å²) in [6.45, 7) is 23.8. The molecular formula is C112H134F4N4S12. The second kappa shape index (κ2) is 45.6. The third-order valence-electron chi connectivity index (χ3n) is 29.5. The summed E-state index contributed by atoms with van der Waals surface area (Å²) < 4.78 is 92.7. The SMILES string of the molecule is CCCCCCCCCCCCc1ccc(-c2ccc(-c3c(F)c(F)c(-c4cc5sc(-c6cc7c(s6)-c6cc8c(cc6C7(CC(CC)CCCC)CC(CC)CCCC)-c6sc(-c7cc9sc(-c%10c(F)c(F)c(-c%11ccc(-c%12ccc(CCCCCCCCCCCC)s%12)s%11)c%11nsnc%10%11)cc9s7)cc6C8(CC(CC)CCCC)CC(CC)CCCC)cc5s4)c4nsnc34)s2)s1. The van der Waals surface area contributed by atoms with Gasteiger partial charge < -0.3 is 0 Å². The molecule has 0 radical (unpaired) electrons. The van der Waals surface area contributed by atoms with Gasteiger partial charge in [0.15, 0.2) is 23.3 Å². The number of hydrogen-bond donors (Lipinski definition) is 0. The number of rotatable bonds is 54. The van der Waals surface area contributed by atoms with Crippen molar-refractivity contribution in [2.24, 2.45) is 23.7 Å². The Morgan fingerprint density at radius 3 is 0.833 bits per heavy atom. The number of thiophene rings is 10. The summed E-state index contributed by atoms with van der Waals surface area (Å²) in [5.74, 6) is -1.30. The van der Waals surface area contributed by atoms with Gasteiger partial charge in [-0.05, 0) is 205 Å². The molecule has 0 saturated heterocycles. The van der Waals surface area contributed by atoms with Crippen molar-refractivity contribution < 1.29 is 17.6 Å². The molecule has 0 amide bonds. The maximum Gasteiger partial charge on any atom is 0.170 e. The van der Waals surface area contributed by atoms with E-state index in [4.69, 9.17) is 17.5 Å². The van der Waals surface area contributed by atoms with E-state index < -0.39 is 23.3 Å². The molecule has 12 aromatic heterocycles. The minimum absolute atomic E-state index is 0.200. The van der Waals surface area contributed by atoms with Crippen molar-refractivity contribution in [2.75, 3.05) is 0 Å². The van der Waals surface area contributed by atoms with Crippen LogP contribution < -0.4 is 0 Å². The number of nitrogens with zero attached hydrogens (tertiary/aromatic N) is 4. The molecule has 2 aliphatic carbocycles. The zero-order chi connectivity index (χ0) is 91.6. The molecule has 702 valence electrons. The van der Waals surface area contributed by atoms with Gasteiger partial charge in [0.25, 0.3) is 0 Å². The Labute approximate surface area is 832 Å². The second-order valence-electron chi connectivity index (χ2n) is 38.6. The summed E-state index contributed by atoms with van der Waals surface area (Å²) in [7, 11) is 0. The molecule has 15 aromatic rings. The maximum absolute atomic E-state index is 17.4. The summed E-state index contributed by atoms with van der Waals surface area (Å²) in [4.78, 5) is 17.8. The zero-order valence-electron chi connectivity index (χ0n) is 79.4. The number of aromatic nitrogens is 4. The van der Waals surface area contributed by atoms with Crippen LogP contribution in [-0.2, 0) is 23.7 Å². The third-order valence-corrected chi connectivity index (χ3v) is 42.8. The minimum Gasteiger partial charge on any atom is -0.203 e. The van der Waals surface area contributed by atoms with Gasteiger partial charge in [-0.25, -0.2) is 17.6 Å². The molecule has 0 saturated carbocycles. The van der Waals surface area contributed by atoms with Crippen LogP contribution in [0.1, 0.15) is 358 Å². The first-order chi connectivity index (χ1) is 64.6. The summed E-state index contributed by atoms with van der Waals surface area (Å²) in [5.41, 5.74) is 11.1. The van der Waals surface area contributed by atoms with Crippen molar-refractivity contribution in [3.8, 4) is 102 Å². The summed E-state index contributed by atoms with van der Waals surface area (Å²) >= 11 is 19.4. The van der Waals surface area contributed by atoms with Crippen LogP contribution in [0.2, 0.25) is 0 Å². The quantitative estimate of drug-likeness (QED) is 0.0282. The Morgan fingerprint density at radius 1 is 0.250 bits per heavy atom. The van der Waals surface area contributed by atoms with Gasteiger partial charge in [0.1, 0.15) is 22.1 Å². The lowest BCUT2D eigenvalue weighted by molar-refractivity contribution is 0.264. The molecule has 2 aliphatic rings. The Kier molecular flexibility index (Phi) is 33.9. The van der Waals surface area contributed by atoms with Gasteiger partial charge in [-0.2, -0.15) is 17.5 Å². The fourth-order valence-corrected chi connectivity index (χ4v) is 35.1. The highest BCUT2D eigenvalue weighted by molar-refractivity contribution is 7.34. The predicted molar refractivity (Wildman–Crippen MR) is 581 cm³/mol. The van der Waals surface area contributed by atoms with Crippen molar-refractivity contribution in [2.45, 2.75) is 350 Å². The molecule has 0 fully saturated rings. The molecule has 4 unspecified atom stereocenters. The first-order valence-corrected chi connectivity index (χ1v) is 60.4. The average molecular weight is 2000 g/mol. The topological polar surface area (TPSA) is 51.6 Å². The van der Waals surface area contributed by atoms with E-state index >= 15 is 17.6 Å². The number of fused-ring (bicyclic) bond motifs is 10. The molecular weight excluding hydrogens is 1860 g/mol. The summed E-state index contributed by atoms with van der Waals surface area (Å²) in [6.07, 6.45) is 51.9. The lowest BCUT2D eigenvalue weighted by atomic mass is 9.63. The molecule has 0 N–H and O–H groups in total. The molecule has 0 spiro atoms. The molecule has 132 heavy (non-hydrogen) atoms. The number of benzene rings is 3. The molecule has 17 rings (SSSR count). The zero-order valence-corrected chi connectivity index (χ0v) is 89.2. The van der Waals surface area contributed by atoms with Gasteiger partial charge in [0, 0.05) is 108 Å². The Hall–Kier alpha value is -5.46. The van der Waals surface area contributed by atoms with Crippen LogP contribution in [0, 0.1) is 46.9 Å². The first kappa shape index (κ1) is 98.2. The largest absolute Gasteiger partial charge is 0.203 e. The minimum atomic E-state index is -0.864. The van der Waals surface area contributed by atoms with E-state index in [1.54, 1.807) is 56.5 Å². The van der Waals surface area contributed by atoms with E-state index in [0.29, 0.717) is 65.2 Å². The monoisotopic (exact) mass is 1990 g/mol. The fourth-order valence-electron chi connectivity index (χ4n) is 22.0. The molecule has 0 bridgehead atoms. The molecule has 20 heteroatoms. The van der Waals surface area contributed by atoms with Gasteiger partial charge in [0.2, 0.25) is 0 Å². The van der Waals surface area contributed by atoms with E-state index in [2.05, 4.69) is 154 Å². The number of unbranched alkanes of at least 4 members (excludes halogenated alkanes) is 22. The second-order valence-corrected chi connectivity index (χ2v) is 50.6. The molecule has 0 aliphatic heterocycles. The fraction of sp³-hybridized carbons (Fsp3) is 0.518. The van der Waals surface area contributed by atoms with Crippen molar-refractivity contribution >= 4 is 178 Å². The van der Waals surface area contributed by atoms with Crippen LogP contribution in [0.5, 0.6) is 0 Å². The van der Waals surface area contributed by atoms with Gasteiger partial charge in [-0.15, -0.1) is 113 Å². The number of hydrogen-bond acceptors (Lipinski definition) is 16. The smallest absolute Gasteiger partial charge is 0.170 e. The van der Waals surface area contributed by atoms with Crippen LogP contribution in [0.3, 0.4) is 0 Å². The molecule has 12 heterocycles. The average Bonchev–Trinajstić information content (AvgIpc) is 1.51. The van der Waals surface area contributed by atoms with Crippen molar-refractivity contribution in [3.63, 3.8) is 0 Å². The van der Waals surface area contributed by atoms with Crippen molar-refractivity contribution in [1.82, 2.24) is 17.5 Å². The Balaban J connectivity index is 0.702. The third kappa shape index (κ3) is 20.8. The highest BCUT2D eigenvalue weighted by Crippen LogP contribution is 2.67. The van der Waals surface area contributed by atoms with Crippen molar-refractivity contribution in [3.05, 3.63) is 152 Å². The van der Waals surface area contributed by atoms with Gasteiger partial charge in [-0.1, -0.05) is 288 Å². The normalized spacial score (nSPS) is 15.8. The van der Waals surface area contributed by atoms with Gasteiger partial charge in [-0.3, -0.25) is 0 Å². The molecule has 3 aromatic carbocycles. The van der Waals surface area contributed by atoms with Crippen LogP contribution in [-0.4, -0.2) is 17.5 Å². The molecule has 4 nitrogen and oxygen atoms in total. The summed E-state index contributed by atoms with van der Waals surface area (Å²) in [5, 5.41) is 0. The molecule has 4 atom stereocenters. The van der Waals surface area contributed by atoms with Crippen LogP contribution in [0.4, 0.5) is 17.6 Å². The maximum atomic E-state index is 17.4. The standard InChI is InChI=1S/C112H134F4N4S12/c1-11-21-27-29-31-33-35-37-39-41-47-73-49-51-81(121-73)83-53-55-85(123-83)97-101(113)103(115)99(107-105(97)117-131-119-107)95-63-93-91(127-95)61-89(125-93)87-59-79-109(129-87)75-57-78-76(58-77(75)111(79,65-69(17-7)43-23-13-3)66-70(18-8)44-24-14-4)110-80(112(78,67-71(19-9)45-25-15-5)68-72(20-10)46-26-16-6)60-88(130-110)90-62-92-94(126-90)64-96(128-92)100-104(116)102(114)98(106-108(100)120-132-118-106)86-56-54-84(124-86)82-52-50-74(122-82)48-42-40-38-36-34-32-30-28-22-12-2/h49-64,69-72H,11-48,65-68H2,1-10H3. The lowest BCUT2D eigenvalue weighted by Crippen LogP contribution is -2.32. The number of aryl methyl sites for hydroxylation is 2. The summed E-state index contributed by atoms with van der Waals surface area (Å²) in [6, 6.07) is 36.8. The van der Waals surface area contributed by atoms with E-state index in [0.717, 1.165) is 126 Å². The Morgan fingerprint density at radius 2 is 0.515 bits per heavy atom. The van der Waals surface area contributed by atoms with E-state index in [9.17, 15) is 0 Å². The van der Waals surface area contributed by atoms with Crippen molar-refractivity contribution in [1.29, 1.82) is 0 Å². The van der Waals surface area contributed by atoms with Crippen LogP contribution >= 0.6 is 137 Å². The van der Waals surface area contributed by atoms with E-state index in [-0.39, 0.29) is 33.1 Å². The van der Waals surface area contributed by atoms with Crippen LogP contribution in [0.15, 0.2) is 97.1 Å². The van der Waals surface area contributed by atoms with E-state index in [1.807, 2.05) is 57.5 Å². The van der Waals surface area contributed by atoms with E-state index in [1.165, 1.54) is 289 Å².